The van der Waals surface area contributed by atoms with Crippen molar-refractivity contribution in [3.8, 4) is 0 Å². The Hall–Kier alpha value is -1.98. The van der Waals surface area contributed by atoms with Crippen LogP contribution in [-0.4, -0.2) is 31.5 Å². The molecule has 2 aromatic heterocycles. The lowest BCUT2D eigenvalue weighted by atomic mass is 9.89. The van der Waals surface area contributed by atoms with Crippen LogP contribution in [-0.2, 0) is 11.2 Å². The van der Waals surface area contributed by atoms with Crippen LogP contribution >= 0.6 is 0 Å². The number of hydrogen-bond donors (Lipinski definition) is 1. The highest BCUT2D eigenvalue weighted by Gasteiger charge is 2.22. The summed E-state index contributed by atoms with van der Waals surface area (Å²) < 4.78 is 1.75. The Morgan fingerprint density at radius 1 is 1.27 bits per heavy atom. The molecule has 0 radical (unpaired) electrons. The molecule has 142 valence electrons. The number of hydrogen-bond acceptors (Lipinski definition) is 4. The SMILES string of the molecule is Cc1nc2ncnn2c(C)c1CCC(=O)N[C@@H]1CCC[C@@H](C(C)C)CC1. The topological polar surface area (TPSA) is 72.2 Å². The molecule has 1 N–H and O–H groups in total. The largest absolute Gasteiger partial charge is 0.353 e. The molecule has 1 amide bonds. The van der Waals surface area contributed by atoms with Gasteiger partial charge in [-0.05, 0) is 56.9 Å². The molecule has 1 saturated carbocycles. The molecule has 1 fully saturated rings. The quantitative estimate of drug-likeness (QED) is 0.833. The van der Waals surface area contributed by atoms with Crippen molar-refractivity contribution in [2.45, 2.75) is 78.7 Å². The highest BCUT2D eigenvalue weighted by molar-refractivity contribution is 5.76. The lowest BCUT2D eigenvalue weighted by Gasteiger charge is -2.19. The molecule has 2 aromatic rings. The molecule has 0 aliphatic heterocycles. The Morgan fingerprint density at radius 2 is 2.08 bits per heavy atom. The second-order valence-corrected chi connectivity index (χ2v) is 8.01. The van der Waals surface area contributed by atoms with Gasteiger partial charge in [-0.15, -0.1) is 0 Å². The molecule has 1 aliphatic carbocycles. The van der Waals surface area contributed by atoms with Crippen LogP contribution in [0.25, 0.3) is 5.78 Å². The fraction of sp³-hybridized carbons (Fsp3) is 0.700. The van der Waals surface area contributed by atoms with Crippen LogP contribution in [0.3, 0.4) is 0 Å². The number of nitrogens with zero attached hydrogens (tertiary/aromatic N) is 4. The minimum Gasteiger partial charge on any atom is -0.353 e. The van der Waals surface area contributed by atoms with Crippen LogP contribution < -0.4 is 5.32 Å². The van der Waals surface area contributed by atoms with Crippen LogP contribution in [0.5, 0.6) is 0 Å². The van der Waals surface area contributed by atoms with Crippen molar-refractivity contribution < 1.29 is 4.79 Å². The van der Waals surface area contributed by atoms with Gasteiger partial charge in [0, 0.05) is 23.9 Å². The zero-order valence-electron chi connectivity index (χ0n) is 16.5. The molecule has 0 bridgehead atoms. The molecule has 2 atom stereocenters. The Labute approximate surface area is 155 Å². The van der Waals surface area contributed by atoms with Crippen LogP contribution in [0.2, 0.25) is 0 Å². The third-order valence-electron chi connectivity index (χ3n) is 5.91. The van der Waals surface area contributed by atoms with Gasteiger partial charge in [0.05, 0.1) is 0 Å². The summed E-state index contributed by atoms with van der Waals surface area (Å²) >= 11 is 0. The molecule has 2 heterocycles. The number of amides is 1. The third-order valence-corrected chi connectivity index (χ3v) is 5.91. The fourth-order valence-corrected chi connectivity index (χ4v) is 4.20. The maximum Gasteiger partial charge on any atom is 0.252 e. The summed E-state index contributed by atoms with van der Waals surface area (Å²) in [5.41, 5.74) is 3.05. The van der Waals surface area contributed by atoms with E-state index in [-0.39, 0.29) is 5.91 Å². The predicted molar refractivity (Wildman–Crippen MR) is 102 cm³/mol. The van der Waals surface area contributed by atoms with Crippen molar-refractivity contribution in [3.63, 3.8) is 0 Å². The predicted octanol–water partition coefficient (Wildman–Crippen LogP) is 3.39. The molecule has 0 unspecified atom stereocenters. The summed E-state index contributed by atoms with van der Waals surface area (Å²) in [7, 11) is 0. The molecule has 26 heavy (non-hydrogen) atoms. The van der Waals surface area contributed by atoms with Crippen molar-refractivity contribution in [1.82, 2.24) is 24.9 Å². The molecule has 6 nitrogen and oxygen atoms in total. The van der Waals surface area contributed by atoms with E-state index in [9.17, 15) is 4.79 Å². The van der Waals surface area contributed by atoms with E-state index in [2.05, 4.69) is 34.2 Å². The van der Waals surface area contributed by atoms with E-state index in [4.69, 9.17) is 0 Å². The fourth-order valence-electron chi connectivity index (χ4n) is 4.20. The maximum atomic E-state index is 12.5. The second-order valence-electron chi connectivity index (χ2n) is 8.01. The summed E-state index contributed by atoms with van der Waals surface area (Å²) in [5.74, 6) is 2.32. The van der Waals surface area contributed by atoms with Gasteiger partial charge in [0.1, 0.15) is 6.33 Å². The summed E-state index contributed by atoms with van der Waals surface area (Å²) in [6.07, 6.45) is 8.67. The lowest BCUT2D eigenvalue weighted by Crippen LogP contribution is -2.34. The van der Waals surface area contributed by atoms with Gasteiger partial charge in [-0.3, -0.25) is 4.79 Å². The summed E-state index contributed by atoms with van der Waals surface area (Å²) in [5, 5.41) is 7.48. The third kappa shape index (κ3) is 4.22. The first-order valence-electron chi connectivity index (χ1n) is 9.91. The Kier molecular flexibility index (Phi) is 5.89. The zero-order valence-corrected chi connectivity index (χ0v) is 16.5. The van der Waals surface area contributed by atoms with Gasteiger partial charge >= 0.3 is 0 Å². The van der Waals surface area contributed by atoms with Crippen LogP contribution in [0, 0.1) is 25.7 Å². The van der Waals surface area contributed by atoms with E-state index in [1.54, 1.807) is 4.52 Å². The Balaban J connectivity index is 1.56. The summed E-state index contributed by atoms with van der Waals surface area (Å²) in [6.45, 7) is 8.62. The van der Waals surface area contributed by atoms with Gasteiger partial charge in [0.25, 0.3) is 5.78 Å². The summed E-state index contributed by atoms with van der Waals surface area (Å²) in [6, 6.07) is 0.337. The highest BCUT2D eigenvalue weighted by Crippen LogP contribution is 2.28. The molecule has 1 aliphatic rings. The van der Waals surface area contributed by atoms with Crippen LogP contribution in [0.4, 0.5) is 0 Å². The lowest BCUT2D eigenvalue weighted by molar-refractivity contribution is -0.121. The standard InChI is InChI=1S/C20H31N5O/c1-13(2)16-6-5-7-17(9-8-16)24-19(26)11-10-18-14(3)23-20-21-12-22-25(20)15(18)4/h12-13,16-17H,5-11H2,1-4H3,(H,24,26)/t16-,17-/m1/s1. The molecule has 0 saturated heterocycles. The number of carbonyl (C=O) groups excluding carboxylic acids is 1. The first-order chi connectivity index (χ1) is 12.5. The van der Waals surface area contributed by atoms with Crippen molar-refractivity contribution in [1.29, 1.82) is 0 Å². The number of aromatic nitrogens is 4. The van der Waals surface area contributed by atoms with E-state index in [0.717, 1.165) is 41.6 Å². The average molecular weight is 358 g/mol. The van der Waals surface area contributed by atoms with E-state index in [1.807, 2.05) is 13.8 Å². The number of aryl methyl sites for hydroxylation is 2. The first-order valence-corrected chi connectivity index (χ1v) is 9.91. The molecular formula is C20H31N5O. The van der Waals surface area contributed by atoms with Gasteiger partial charge < -0.3 is 5.32 Å². The average Bonchev–Trinajstić information content (AvgIpc) is 2.92. The van der Waals surface area contributed by atoms with Crippen molar-refractivity contribution in [3.05, 3.63) is 23.3 Å². The van der Waals surface area contributed by atoms with Gasteiger partial charge in [-0.25, -0.2) is 9.50 Å². The Bertz CT molecular complexity index is 767. The molecule has 0 aromatic carbocycles. The van der Waals surface area contributed by atoms with Crippen molar-refractivity contribution >= 4 is 11.7 Å². The van der Waals surface area contributed by atoms with Gasteiger partial charge in [0.15, 0.2) is 0 Å². The van der Waals surface area contributed by atoms with Gasteiger partial charge in [-0.2, -0.15) is 10.1 Å². The minimum absolute atomic E-state index is 0.149. The highest BCUT2D eigenvalue weighted by atomic mass is 16.1. The number of rotatable bonds is 5. The number of fused-ring (bicyclic) bond motifs is 1. The van der Waals surface area contributed by atoms with E-state index in [1.165, 1.54) is 25.6 Å². The minimum atomic E-state index is 0.149. The number of carbonyl (C=O) groups is 1. The van der Waals surface area contributed by atoms with E-state index < -0.39 is 0 Å². The number of nitrogens with one attached hydrogen (secondary N) is 1. The van der Waals surface area contributed by atoms with E-state index >= 15 is 0 Å². The molecule has 0 spiro atoms. The molecular weight excluding hydrogens is 326 g/mol. The van der Waals surface area contributed by atoms with Crippen LogP contribution in [0.15, 0.2) is 6.33 Å². The Morgan fingerprint density at radius 3 is 2.85 bits per heavy atom. The maximum absolute atomic E-state index is 12.5. The normalized spacial score (nSPS) is 21.1. The zero-order chi connectivity index (χ0) is 18.7. The monoisotopic (exact) mass is 357 g/mol. The van der Waals surface area contributed by atoms with Gasteiger partial charge in [0.2, 0.25) is 5.91 Å². The van der Waals surface area contributed by atoms with Gasteiger partial charge in [-0.1, -0.05) is 26.7 Å². The first kappa shape index (κ1) is 18.8. The summed E-state index contributed by atoms with van der Waals surface area (Å²) in [4.78, 5) is 21.1. The second kappa shape index (κ2) is 8.14. The van der Waals surface area contributed by atoms with Crippen LogP contribution in [0.1, 0.15) is 69.3 Å². The van der Waals surface area contributed by atoms with Crippen molar-refractivity contribution in [2.75, 3.05) is 0 Å². The van der Waals surface area contributed by atoms with E-state index in [0.29, 0.717) is 24.7 Å². The van der Waals surface area contributed by atoms with Crippen molar-refractivity contribution in [2.24, 2.45) is 11.8 Å². The smallest absolute Gasteiger partial charge is 0.252 e. The molecule has 3 rings (SSSR count). The molecule has 6 heteroatoms.